The largest absolute Gasteiger partial charge is 0.397 e. The molecule has 3 aliphatic rings. The third-order valence-corrected chi connectivity index (χ3v) is 5.11. The Kier molecular flexibility index (Phi) is 6.36. The second-order valence-corrected chi connectivity index (χ2v) is 7.41. The fourth-order valence-electron chi connectivity index (χ4n) is 3.36. The average Bonchev–Trinajstić information content (AvgIpc) is 2.91. The van der Waals surface area contributed by atoms with Crippen LogP contribution in [0.3, 0.4) is 0 Å². The number of rotatable bonds is 6. The van der Waals surface area contributed by atoms with Crippen molar-refractivity contribution in [3.05, 3.63) is 0 Å². The van der Waals surface area contributed by atoms with Crippen LogP contribution in [0.15, 0.2) is 0 Å². The highest BCUT2D eigenvalue weighted by Gasteiger charge is 2.55. The summed E-state index contributed by atoms with van der Waals surface area (Å²) in [5.41, 5.74) is 0. The van der Waals surface area contributed by atoms with Gasteiger partial charge in [0, 0.05) is 7.11 Å². The Balaban J connectivity index is 1.71. The van der Waals surface area contributed by atoms with Crippen LogP contribution in [0.2, 0.25) is 0 Å². The van der Waals surface area contributed by atoms with Crippen LogP contribution >= 0.6 is 0 Å². The Hall–Kier alpha value is -0.490. The van der Waals surface area contributed by atoms with Crippen LogP contribution in [0.4, 0.5) is 0 Å². The molecular weight excluding hydrogens is 396 g/mol. The van der Waals surface area contributed by atoms with Crippen molar-refractivity contribution in [2.75, 3.05) is 20.3 Å². The number of methoxy groups -OCH3 is 1. The van der Waals surface area contributed by atoms with Crippen molar-refractivity contribution >= 4 is 10.4 Å². The summed E-state index contributed by atoms with van der Waals surface area (Å²) in [7, 11) is -3.63. The topological polar surface area (TPSA) is 191 Å². The molecule has 0 saturated carbocycles. The first-order valence-electron chi connectivity index (χ1n) is 8.07. The zero-order chi connectivity index (χ0) is 19.9. The zero-order valence-electron chi connectivity index (χ0n) is 14.1. The lowest BCUT2D eigenvalue weighted by Crippen LogP contribution is -2.63. The van der Waals surface area contributed by atoms with E-state index in [1.807, 2.05) is 0 Å². The summed E-state index contributed by atoms with van der Waals surface area (Å²) in [6.07, 6.45) is -12.9. The molecule has 0 aromatic heterocycles. The Morgan fingerprint density at radius 1 is 1.04 bits per heavy atom. The van der Waals surface area contributed by atoms with Gasteiger partial charge in [0.2, 0.25) is 0 Å². The van der Waals surface area contributed by atoms with E-state index in [4.69, 9.17) is 28.2 Å². The molecule has 3 rings (SSSR count). The number of fused-ring (bicyclic) bond motifs is 2. The van der Waals surface area contributed by atoms with Crippen LogP contribution in [0.25, 0.3) is 0 Å². The van der Waals surface area contributed by atoms with E-state index < -0.39 is 78.4 Å². The molecule has 0 spiro atoms. The van der Waals surface area contributed by atoms with Crippen molar-refractivity contribution in [2.45, 2.75) is 61.4 Å². The second-order valence-electron chi connectivity index (χ2n) is 6.36. The highest BCUT2D eigenvalue weighted by molar-refractivity contribution is 7.80. The molecule has 13 nitrogen and oxygen atoms in total. The Morgan fingerprint density at radius 3 is 2.33 bits per heavy atom. The smallest absolute Gasteiger partial charge is 0.394 e. The monoisotopic (exact) mass is 418 g/mol. The molecule has 3 saturated heterocycles. The first-order valence-corrected chi connectivity index (χ1v) is 9.44. The maximum Gasteiger partial charge on any atom is 0.397 e. The lowest BCUT2D eigenvalue weighted by atomic mass is 9.98. The molecule has 3 aliphatic heterocycles. The van der Waals surface area contributed by atoms with Crippen molar-refractivity contribution in [3.8, 4) is 0 Å². The predicted molar refractivity (Wildman–Crippen MR) is 80.5 cm³/mol. The van der Waals surface area contributed by atoms with Gasteiger partial charge in [-0.25, -0.2) is 4.18 Å². The predicted octanol–water partition coefficient (Wildman–Crippen LogP) is -3.87. The average molecular weight is 418 g/mol. The molecule has 5 N–H and O–H groups in total. The van der Waals surface area contributed by atoms with Crippen LogP contribution in [0.1, 0.15) is 0 Å². The minimum absolute atomic E-state index is 0.0789. The van der Waals surface area contributed by atoms with E-state index in [-0.39, 0.29) is 6.61 Å². The van der Waals surface area contributed by atoms with Gasteiger partial charge in [-0.3, -0.25) is 4.55 Å². The maximum absolute atomic E-state index is 10.9. The fraction of sp³-hybridized carbons (Fsp3) is 1.00. The molecule has 27 heavy (non-hydrogen) atoms. The van der Waals surface area contributed by atoms with Gasteiger partial charge in [-0.05, 0) is 0 Å². The molecule has 2 bridgehead atoms. The molecule has 3 fully saturated rings. The van der Waals surface area contributed by atoms with E-state index in [1.54, 1.807) is 0 Å². The van der Waals surface area contributed by atoms with Crippen LogP contribution in [-0.4, -0.2) is 115 Å². The van der Waals surface area contributed by atoms with Gasteiger partial charge in [-0.1, -0.05) is 0 Å². The van der Waals surface area contributed by atoms with E-state index in [9.17, 15) is 28.8 Å². The molecule has 3 heterocycles. The molecule has 0 aromatic carbocycles. The van der Waals surface area contributed by atoms with Crippen LogP contribution in [-0.2, 0) is 38.3 Å². The maximum atomic E-state index is 10.9. The quantitative estimate of drug-likeness (QED) is 0.264. The van der Waals surface area contributed by atoms with Crippen molar-refractivity contribution < 1.29 is 61.3 Å². The summed E-state index contributed by atoms with van der Waals surface area (Å²) < 4.78 is 61.6. The van der Waals surface area contributed by atoms with Gasteiger partial charge < -0.3 is 44.1 Å². The van der Waals surface area contributed by atoms with E-state index in [0.29, 0.717) is 0 Å². The van der Waals surface area contributed by atoms with Gasteiger partial charge in [0.25, 0.3) is 0 Å². The number of hydrogen-bond acceptors (Lipinski definition) is 12. The van der Waals surface area contributed by atoms with Gasteiger partial charge in [0.15, 0.2) is 12.6 Å². The Morgan fingerprint density at radius 2 is 1.74 bits per heavy atom. The first-order chi connectivity index (χ1) is 12.7. The van der Waals surface area contributed by atoms with Crippen molar-refractivity contribution in [2.24, 2.45) is 0 Å². The van der Waals surface area contributed by atoms with Gasteiger partial charge in [-0.2, -0.15) is 8.42 Å². The summed E-state index contributed by atoms with van der Waals surface area (Å²) in [5.74, 6) is 0. The zero-order valence-corrected chi connectivity index (χ0v) is 14.9. The minimum Gasteiger partial charge on any atom is -0.394 e. The van der Waals surface area contributed by atoms with Crippen molar-refractivity contribution in [1.29, 1.82) is 0 Å². The molecular formula is C13H22O13S. The summed E-state index contributed by atoms with van der Waals surface area (Å²) in [6.45, 7) is -0.724. The molecule has 14 heteroatoms. The third kappa shape index (κ3) is 4.26. The summed E-state index contributed by atoms with van der Waals surface area (Å²) in [5, 5.41) is 39.9. The third-order valence-electron chi connectivity index (χ3n) is 4.64. The first kappa shape index (κ1) is 21.2. The van der Waals surface area contributed by atoms with Crippen LogP contribution < -0.4 is 0 Å². The fourth-order valence-corrected chi connectivity index (χ4v) is 3.88. The second kappa shape index (κ2) is 8.10. The van der Waals surface area contributed by atoms with Gasteiger partial charge in [0.05, 0.1) is 13.2 Å². The van der Waals surface area contributed by atoms with Crippen LogP contribution in [0.5, 0.6) is 0 Å². The highest BCUT2D eigenvalue weighted by Crippen LogP contribution is 2.35. The standard InChI is InChI=1S/C13H22O13S/c1-21-12-8(17)11-10(5(24-12)3-22-11)25-13-7(16)6(15)9(4(2-14)23-13)26-27(18,19)20/h4-17H,2-3H2,1H3,(H,18,19,20)/t4-,5+,6-,7-,8-,9+,10?,11+,12+,13+/m1/s1. The number of hydrogen-bond donors (Lipinski definition) is 5. The molecule has 10 atom stereocenters. The van der Waals surface area contributed by atoms with Crippen LogP contribution in [0, 0.1) is 0 Å². The SMILES string of the molecule is CO[C@H]1O[C@H]2CO[C@H](C2O[C@@H]2O[C@H](CO)[C@H](OS(=O)(=O)O)[C@H](O)[C@H]2O)[C@H]1O. The van der Waals surface area contributed by atoms with Gasteiger partial charge in [0.1, 0.15) is 48.8 Å². The molecule has 1 unspecified atom stereocenters. The van der Waals surface area contributed by atoms with E-state index in [0.717, 1.165) is 0 Å². The molecule has 0 aromatic rings. The number of aliphatic hydroxyl groups excluding tert-OH is 4. The summed E-state index contributed by atoms with van der Waals surface area (Å²) >= 11 is 0. The van der Waals surface area contributed by atoms with E-state index >= 15 is 0 Å². The molecule has 0 amide bonds. The van der Waals surface area contributed by atoms with Gasteiger partial charge >= 0.3 is 10.4 Å². The van der Waals surface area contributed by atoms with Gasteiger partial charge in [-0.15, -0.1) is 0 Å². The lowest BCUT2D eigenvalue weighted by Gasteiger charge is -2.44. The normalized spacial score (nSPS) is 47.9. The Labute approximate surface area is 154 Å². The van der Waals surface area contributed by atoms with Crippen molar-refractivity contribution in [3.63, 3.8) is 0 Å². The summed E-state index contributed by atoms with van der Waals surface area (Å²) in [4.78, 5) is 0. The van der Waals surface area contributed by atoms with E-state index in [1.165, 1.54) is 7.11 Å². The molecule has 0 radical (unpaired) electrons. The van der Waals surface area contributed by atoms with Crippen molar-refractivity contribution in [1.82, 2.24) is 0 Å². The minimum atomic E-state index is -4.98. The highest BCUT2D eigenvalue weighted by atomic mass is 32.3. The molecule has 0 aliphatic carbocycles. The number of ether oxygens (including phenoxy) is 5. The number of aliphatic hydroxyl groups is 4. The van der Waals surface area contributed by atoms with E-state index in [2.05, 4.69) is 4.18 Å². The Bertz CT molecular complexity index is 611. The summed E-state index contributed by atoms with van der Waals surface area (Å²) in [6, 6.07) is 0. The lowest BCUT2D eigenvalue weighted by molar-refractivity contribution is -0.336. The molecule has 158 valence electrons.